The summed E-state index contributed by atoms with van der Waals surface area (Å²) in [6.45, 7) is 1.50. The number of rotatable bonds is 2. The van der Waals surface area contributed by atoms with E-state index in [-0.39, 0.29) is 5.92 Å². The first-order valence-electron chi connectivity index (χ1n) is 5.99. The van der Waals surface area contributed by atoms with Crippen molar-refractivity contribution >= 4 is 0 Å². The van der Waals surface area contributed by atoms with Gasteiger partial charge < -0.3 is 10.1 Å². The average molecular weight is 259 g/mol. The maximum Gasteiger partial charge on any atom is 0.416 e. The van der Waals surface area contributed by atoms with Crippen LogP contribution in [0.4, 0.5) is 13.2 Å². The number of piperidine rings is 1. The minimum atomic E-state index is -4.32. The Bertz CT molecular complexity index is 411. The van der Waals surface area contributed by atoms with Gasteiger partial charge in [0.2, 0.25) is 0 Å². The van der Waals surface area contributed by atoms with E-state index in [1.54, 1.807) is 6.07 Å². The predicted octanol–water partition coefficient (Wildman–Crippen LogP) is 3.18. The molecule has 1 N–H and O–H groups in total. The molecule has 1 aromatic rings. The first-order chi connectivity index (χ1) is 8.54. The van der Waals surface area contributed by atoms with E-state index < -0.39 is 11.7 Å². The first-order valence-corrected chi connectivity index (χ1v) is 5.99. The minimum Gasteiger partial charge on any atom is -0.496 e. The van der Waals surface area contributed by atoms with Crippen molar-refractivity contribution in [1.29, 1.82) is 0 Å². The molecule has 1 aliphatic rings. The van der Waals surface area contributed by atoms with Gasteiger partial charge in [-0.2, -0.15) is 13.2 Å². The summed E-state index contributed by atoms with van der Waals surface area (Å²) in [5, 5.41) is 3.16. The number of hydrogen-bond acceptors (Lipinski definition) is 2. The Morgan fingerprint density at radius 3 is 2.44 bits per heavy atom. The number of benzene rings is 1. The highest BCUT2D eigenvalue weighted by Gasteiger charge is 2.37. The zero-order chi connectivity index (χ0) is 13.2. The van der Waals surface area contributed by atoms with E-state index in [0.717, 1.165) is 19.2 Å². The molecule has 1 aliphatic heterocycles. The molecule has 0 aromatic heterocycles. The quantitative estimate of drug-likeness (QED) is 0.880. The van der Waals surface area contributed by atoms with Gasteiger partial charge in [-0.15, -0.1) is 0 Å². The van der Waals surface area contributed by atoms with Gasteiger partial charge in [-0.3, -0.25) is 0 Å². The van der Waals surface area contributed by atoms with Gasteiger partial charge in [0.1, 0.15) is 5.75 Å². The summed E-state index contributed by atoms with van der Waals surface area (Å²) >= 11 is 0. The molecule has 100 valence electrons. The second-order valence-corrected chi connectivity index (χ2v) is 4.44. The molecule has 18 heavy (non-hydrogen) atoms. The Kier molecular flexibility index (Phi) is 3.80. The molecule has 0 saturated carbocycles. The molecule has 0 radical (unpaired) electrons. The van der Waals surface area contributed by atoms with Crippen LogP contribution in [0.1, 0.15) is 29.9 Å². The molecule has 5 heteroatoms. The van der Waals surface area contributed by atoms with Gasteiger partial charge in [0.25, 0.3) is 0 Å². The molecular weight excluding hydrogens is 243 g/mol. The van der Waals surface area contributed by atoms with E-state index >= 15 is 0 Å². The maximum atomic E-state index is 13.0. The van der Waals surface area contributed by atoms with Crippen molar-refractivity contribution < 1.29 is 17.9 Å². The van der Waals surface area contributed by atoms with E-state index in [9.17, 15) is 13.2 Å². The van der Waals surface area contributed by atoms with Crippen molar-refractivity contribution in [2.45, 2.75) is 24.9 Å². The van der Waals surface area contributed by atoms with Crippen molar-refractivity contribution in [3.8, 4) is 5.75 Å². The number of alkyl halides is 3. The lowest BCUT2D eigenvalue weighted by atomic mass is 9.86. The van der Waals surface area contributed by atoms with Gasteiger partial charge >= 0.3 is 6.18 Å². The zero-order valence-corrected chi connectivity index (χ0v) is 10.2. The number of methoxy groups -OCH3 is 1. The second kappa shape index (κ2) is 5.18. The van der Waals surface area contributed by atoms with Gasteiger partial charge in [0.05, 0.1) is 12.7 Å². The van der Waals surface area contributed by atoms with Gasteiger partial charge in [-0.25, -0.2) is 0 Å². The summed E-state index contributed by atoms with van der Waals surface area (Å²) in [4.78, 5) is 0. The van der Waals surface area contributed by atoms with Crippen LogP contribution in [-0.4, -0.2) is 20.2 Å². The van der Waals surface area contributed by atoms with Crippen LogP contribution >= 0.6 is 0 Å². The molecule has 2 rings (SSSR count). The Balaban J connectivity index is 2.46. The van der Waals surface area contributed by atoms with E-state index in [1.165, 1.54) is 13.2 Å². The van der Waals surface area contributed by atoms with E-state index in [4.69, 9.17) is 4.74 Å². The lowest BCUT2D eigenvalue weighted by molar-refractivity contribution is -0.138. The summed E-state index contributed by atoms with van der Waals surface area (Å²) < 4.78 is 44.3. The number of ether oxygens (including phenoxy) is 1. The number of hydrogen-bond donors (Lipinski definition) is 1. The lowest BCUT2D eigenvalue weighted by Gasteiger charge is -2.27. The molecule has 0 spiro atoms. The van der Waals surface area contributed by atoms with E-state index in [2.05, 4.69) is 5.32 Å². The number of nitrogens with one attached hydrogen (secondary N) is 1. The molecule has 1 fully saturated rings. The highest BCUT2D eigenvalue weighted by Crippen LogP contribution is 2.42. The van der Waals surface area contributed by atoms with E-state index in [1.807, 2.05) is 0 Å². The summed E-state index contributed by atoms with van der Waals surface area (Å²) in [6.07, 6.45) is -2.90. The normalized spacial score (nSPS) is 17.8. The van der Waals surface area contributed by atoms with Crippen LogP contribution < -0.4 is 10.1 Å². The van der Waals surface area contributed by atoms with Crippen molar-refractivity contribution in [3.63, 3.8) is 0 Å². The molecule has 0 amide bonds. The van der Waals surface area contributed by atoms with Crippen molar-refractivity contribution in [1.82, 2.24) is 5.32 Å². The Morgan fingerprint density at radius 1 is 1.22 bits per heavy atom. The van der Waals surface area contributed by atoms with Gasteiger partial charge in [0.15, 0.2) is 0 Å². The van der Waals surface area contributed by atoms with Crippen LogP contribution in [-0.2, 0) is 6.18 Å². The molecule has 0 aliphatic carbocycles. The fourth-order valence-electron chi connectivity index (χ4n) is 2.50. The predicted molar refractivity (Wildman–Crippen MR) is 62.8 cm³/mol. The summed E-state index contributed by atoms with van der Waals surface area (Å²) in [7, 11) is 1.42. The Labute approximate surface area is 104 Å². The first kappa shape index (κ1) is 13.2. The fraction of sp³-hybridized carbons (Fsp3) is 0.538. The standard InChI is InChI=1S/C13H16F3NO/c1-18-11-4-2-3-10(13(14,15)16)12(11)9-5-7-17-8-6-9/h2-4,9,17H,5-8H2,1H3. The van der Waals surface area contributed by atoms with Crippen LogP contribution in [0.25, 0.3) is 0 Å². The summed E-state index contributed by atoms with van der Waals surface area (Å²) in [5.74, 6) is 0.260. The molecule has 1 heterocycles. The summed E-state index contributed by atoms with van der Waals surface area (Å²) in [6, 6.07) is 4.14. The topological polar surface area (TPSA) is 21.3 Å². The smallest absolute Gasteiger partial charge is 0.416 e. The highest BCUT2D eigenvalue weighted by molar-refractivity contribution is 5.44. The van der Waals surface area contributed by atoms with Gasteiger partial charge in [-0.1, -0.05) is 6.07 Å². The van der Waals surface area contributed by atoms with Crippen LogP contribution in [0.3, 0.4) is 0 Å². The van der Waals surface area contributed by atoms with Crippen LogP contribution in [0.5, 0.6) is 5.75 Å². The van der Waals surface area contributed by atoms with Gasteiger partial charge in [0, 0.05) is 5.56 Å². The van der Waals surface area contributed by atoms with Gasteiger partial charge in [-0.05, 0) is 44.0 Å². The lowest BCUT2D eigenvalue weighted by Crippen LogP contribution is -2.28. The molecule has 1 aromatic carbocycles. The molecule has 1 saturated heterocycles. The van der Waals surface area contributed by atoms with Crippen molar-refractivity contribution in [2.75, 3.05) is 20.2 Å². The van der Waals surface area contributed by atoms with Crippen LogP contribution in [0, 0.1) is 0 Å². The third-order valence-corrected chi connectivity index (χ3v) is 3.34. The van der Waals surface area contributed by atoms with E-state index in [0.29, 0.717) is 24.2 Å². The molecule has 2 nitrogen and oxygen atoms in total. The third kappa shape index (κ3) is 2.61. The highest BCUT2D eigenvalue weighted by atomic mass is 19.4. The SMILES string of the molecule is COc1cccc(C(F)(F)F)c1C1CCNCC1. The Morgan fingerprint density at radius 2 is 1.89 bits per heavy atom. The number of halogens is 3. The monoisotopic (exact) mass is 259 g/mol. The van der Waals surface area contributed by atoms with Crippen LogP contribution in [0.2, 0.25) is 0 Å². The zero-order valence-electron chi connectivity index (χ0n) is 10.2. The maximum absolute atomic E-state index is 13.0. The second-order valence-electron chi connectivity index (χ2n) is 4.44. The third-order valence-electron chi connectivity index (χ3n) is 3.34. The molecule has 0 unspecified atom stereocenters. The Hall–Kier alpha value is -1.23. The molecule has 0 bridgehead atoms. The van der Waals surface area contributed by atoms with Crippen molar-refractivity contribution in [3.05, 3.63) is 29.3 Å². The summed E-state index contributed by atoms with van der Waals surface area (Å²) in [5.41, 5.74) is -0.247. The minimum absolute atomic E-state index is 0.0842. The molecule has 0 atom stereocenters. The largest absolute Gasteiger partial charge is 0.496 e. The average Bonchev–Trinajstić information content (AvgIpc) is 2.38. The fourth-order valence-corrected chi connectivity index (χ4v) is 2.50. The van der Waals surface area contributed by atoms with Crippen molar-refractivity contribution in [2.24, 2.45) is 0 Å². The molecular formula is C13H16F3NO. The van der Waals surface area contributed by atoms with Crippen LogP contribution in [0.15, 0.2) is 18.2 Å².